The van der Waals surface area contributed by atoms with Gasteiger partial charge in [-0.05, 0) is 29.3 Å². The zero-order chi connectivity index (χ0) is 24.1. The molecule has 0 radical (unpaired) electrons. The van der Waals surface area contributed by atoms with Crippen molar-refractivity contribution in [1.29, 1.82) is 0 Å². The summed E-state index contributed by atoms with van der Waals surface area (Å²) in [5.41, 5.74) is 2.09. The summed E-state index contributed by atoms with van der Waals surface area (Å²) in [6.07, 6.45) is 0. The number of hydrogen-bond acceptors (Lipinski definition) is 8. The Balaban J connectivity index is 1.40. The number of nitrogens with zero attached hydrogens (tertiary/aromatic N) is 3. The molecule has 4 rings (SSSR count). The number of sulfonamides is 1. The van der Waals surface area contributed by atoms with E-state index in [-0.39, 0.29) is 26.6 Å². The zero-order valence-corrected chi connectivity index (χ0v) is 21.0. The van der Waals surface area contributed by atoms with Crippen LogP contribution in [0.1, 0.15) is 21.5 Å². The molecule has 0 unspecified atom stereocenters. The fourth-order valence-corrected chi connectivity index (χ4v) is 5.76. The molecule has 1 saturated heterocycles. The Hall–Kier alpha value is -2.12. The summed E-state index contributed by atoms with van der Waals surface area (Å²) in [6.45, 7) is 3.86. The first-order valence-corrected chi connectivity index (χ1v) is 13.3. The molecule has 1 aliphatic heterocycles. The first-order chi connectivity index (χ1) is 16.3. The van der Waals surface area contributed by atoms with Gasteiger partial charge in [-0.15, -0.1) is 10.2 Å². The third-order valence-electron chi connectivity index (χ3n) is 5.10. The first-order valence-electron chi connectivity index (χ1n) is 10.3. The van der Waals surface area contributed by atoms with E-state index < -0.39 is 15.9 Å². The fourth-order valence-electron chi connectivity index (χ4n) is 3.33. The van der Waals surface area contributed by atoms with Gasteiger partial charge in [-0.1, -0.05) is 58.8 Å². The third-order valence-corrected chi connectivity index (χ3v) is 8.26. The Morgan fingerprint density at radius 3 is 2.56 bits per heavy atom. The first kappa shape index (κ1) is 25.0. The van der Waals surface area contributed by atoms with Gasteiger partial charge < -0.3 is 4.74 Å². The van der Waals surface area contributed by atoms with Gasteiger partial charge in [-0.2, -0.15) is 0 Å². The van der Waals surface area contributed by atoms with Gasteiger partial charge in [-0.3, -0.25) is 15.0 Å². The highest BCUT2D eigenvalue weighted by molar-refractivity contribution is 7.91. The molecule has 1 amide bonds. The Labute approximate surface area is 211 Å². The second kappa shape index (κ2) is 11.1. The minimum Gasteiger partial charge on any atom is -0.379 e. The molecule has 1 aromatic heterocycles. The average Bonchev–Trinajstić information content (AvgIpc) is 3.28. The predicted octanol–water partition coefficient (Wildman–Crippen LogP) is 3.41. The molecule has 3 aromatic rings. The molecule has 2 N–H and O–H groups in total. The summed E-state index contributed by atoms with van der Waals surface area (Å²) in [7, 11) is -3.94. The van der Waals surface area contributed by atoms with Crippen LogP contribution in [0.4, 0.5) is 5.13 Å². The zero-order valence-electron chi connectivity index (χ0n) is 17.8. The summed E-state index contributed by atoms with van der Waals surface area (Å²) in [5.74, 6) is -0.549. The van der Waals surface area contributed by atoms with Crippen molar-refractivity contribution in [2.24, 2.45) is 0 Å². The highest BCUT2D eigenvalue weighted by Gasteiger charge is 2.22. The quantitative estimate of drug-likeness (QED) is 0.420. The van der Waals surface area contributed by atoms with Crippen molar-refractivity contribution in [3.63, 3.8) is 0 Å². The van der Waals surface area contributed by atoms with Crippen molar-refractivity contribution < 1.29 is 17.9 Å². The van der Waals surface area contributed by atoms with Crippen molar-refractivity contribution in [1.82, 2.24) is 19.8 Å². The molecule has 180 valence electrons. The van der Waals surface area contributed by atoms with Gasteiger partial charge in [0.05, 0.1) is 23.8 Å². The SMILES string of the molecule is O=C(Nc1nnc(S(=O)(=O)NCc2ccccc2CN2CCOCC2)s1)c1ccc(Cl)cc1Cl. The molecule has 2 heterocycles. The minimum atomic E-state index is -3.94. The second-order valence-electron chi connectivity index (χ2n) is 7.43. The summed E-state index contributed by atoms with van der Waals surface area (Å²) in [5, 5.41) is 10.6. The number of anilines is 1. The molecule has 1 fully saturated rings. The van der Waals surface area contributed by atoms with E-state index in [1.54, 1.807) is 0 Å². The van der Waals surface area contributed by atoms with Crippen molar-refractivity contribution in [2.45, 2.75) is 17.4 Å². The number of amides is 1. The molecule has 0 spiro atoms. The maximum Gasteiger partial charge on any atom is 0.270 e. The van der Waals surface area contributed by atoms with Crippen LogP contribution in [0.25, 0.3) is 0 Å². The lowest BCUT2D eigenvalue weighted by atomic mass is 10.1. The molecule has 1 aliphatic rings. The largest absolute Gasteiger partial charge is 0.379 e. The molecule has 0 saturated carbocycles. The molecule has 2 aromatic carbocycles. The maximum atomic E-state index is 12.8. The lowest BCUT2D eigenvalue weighted by Crippen LogP contribution is -2.36. The van der Waals surface area contributed by atoms with E-state index in [4.69, 9.17) is 27.9 Å². The van der Waals surface area contributed by atoms with Crippen molar-refractivity contribution in [3.8, 4) is 0 Å². The number of rotatable bonds is 8. The van der Waals surface area contributed by atoms with Gasteiger partial charge >= 0.3 is 0 Å². The van der Waals surface area contributed by atoms with E-state index in [0.717, 1.165) is 35.6 Å². The number of ether oxygens (including phenoxy) is 1. The van der Waals surface area contributed by atoms with Crippen LogP contribution in [0.3, 0.4) is 0 Å². The van der Waals surface area contributed by atoms with Crippen molar-refractivity contribution >= 4 is 55.6 Å². The highest BCUT2D eigenvalue weighted by Crippen LogP contribution is 2.24. The number of benzene rings is 2. The summed E-state index contributed by atoms with van der Waals surface area (Å²) < 4.78 is 33.3. The third kappa shape index (κ3) is 6.30. The number of morpholine rings is 1. The van der Waals surface area contributed by atoms with Gasteiger partial charge in [-0.25, -0.2) is 13.1 Å². The van der Waals surface area contributed by atoms with Gasteiger partial charge in [0.2, 0.25) is 9.47 Å². The lowest BCUT2D eigenvalue weighted by molar-refractivity contribution is 0.0341. The molecular formula is C21H21Cl2N5O4S2. The van der Waals surface area contributed by atoms with Crippen molar-refractivity contribution in [2.75, 3.05) is 31.6 Å². The molecular weight excluding hydrogens is 521 g/mol. The van der Waals surface area contributed by atoms with Crippen LogP contribution in [-0.2, 0) is 27.8 Å². The standard InChI is InChI=1S/C21H21Cl2N5O4S2/c22-16-5-6-17(18(23)11-16)19(29)25-20-26-27-21(33-20)34(30,31)24-12-14-3-1-2-4-15(14)13-28-7-9-32-10-8-28/h1-6,11,24H,7-10,12-13H2,(H,25,26,29). The Bertz CT molecular complexity index is 1280. The summed E-state index contributed by atoms with van der Waals surface area (Å²) in [6, 6.07) is 12.1. The number of halogens is 2. The van der Waals surface area contributed by atoms with Gasteiger partial charge in [0.15, 0.2) is 0 Å². The monoisotopic (exact) mass is 541 g/mol. The number of aromatic nitrogens is 2. The smallest absolute Gasteiger partial charge is 0.270 e. The van der Waals surface area contributed by atoms with Crippen LogP contribution in [-0.4, -0.2) is 55.7 Å². The summed E-state index contributed by atoms with van der Waals surface area (Å²) >= 11 is 12.6. The lowest BCUT2D eigenvalue weighted by Gasteiger charge is -2.27. The maximum absolute atomic E-state index is 12.8. The van der Waals surface area contributed by atoms with E-state index in [0.29, 0.717) is 24.8 Å². The molecule has 0 aliphatic carbocycles. The van der Waals surface area contributed by atoms with Gasteiger partial charge in [0.1, 0.15) is 0 Å². The van der Waals surface area contributed by atoms with Crippen LogP contribution in [0.15, 0.2) is 46.8 Å². The van der Waals surface area contributed by atoms with Crippen LogP contribution in [0, 0.1) is 0 Å². The minimum absolute atomic E-state index is 0.0316. The fraction of sp³-hybridized carbons (Fsp3) is 0.286. The van der Waals surface area contributed by atoms with E-state index in [1.807, 2.05) is 24.3 Å². The molecule has 34 heavy (non-hydrogen) atoms. The van der Waals surface area contributed by atoms with E-state index in [9.17, 15) is 13.2 Å². The topological polar surface area (TPSA) is 114 Å². The van der Waals surface area contributed by atoms with E-state index >= 15 is 0 Å². The molecule has 9 nitrogen and oxygen atoms in total. The van der Waals surface area contributed by atoms with E-state index in [2.05, 4.69) is 25.1 Å². The predicted molar refractivity (Wildman–Crippen MR) is 131 cm³/mol. The average molecular weight is 542 g/mol. The normalized spacial score (nSPS) is 14.8. The van der Waals surface area contributed by atoms with Gasteiger partial charge in [0, 0.05) is 31.2 Å². The molecule has 13 heteroatoms. The molecule has 0 atom stereocenters. The number of carbonyl (C=O) groups excluding carboxylic acids is 1. The Morgan fingerprint density at radius 1 is 1.09 bits per heavy atom. The highest BCUT2D eigenvalue weighted by atomic mass is 35.5. The number of nitrogens with one attached hydrogen (secondary N) is 2. The second-order valence-corrected chi connectivity index (χ2v) is 11.2. The van der Waals surface area contributed by atoms with Crippen LogP contribution in [0.5, 0.6) is 0 Å². The number of carbonyl (C=O) groups is 1. The molecule has 0 bridgehead atoms. The summed E-state index contributed by atoms with van der Waals surface area (Å²) in [4.78, 5) is 14.7. The van der Waals surface area contributed by atoms with Crippen molar-refractivity contribution in [3.05, 3.63) is 69.2 Å². The van der Waals surface area contributed by atoms with Crippen LogP contribution in [0.2, 0.25) is 10.0 Å². The Morgan fingerprint density at radius 2 is 1.82 bits per heavy atom. The van der Waals surface area contributed by atoms with Crippen LogP contribution >= 0.6 is 34.5 Å². The van der Waals surface area contributed by atoms with Gasteiger partial charge in [0.25, 0.3) is 15.9 Å². The van der Waals surface area contributed by atoms with Crippen LogP contribution < -0.4 is 10.0 Å². The van der Waals surface area contributed by atoms with E-state index in [1.165, 1.54) is 18.2 Å². The Kier molecular flexibility index (Phi) is 8.14. The number of hydrogen-bond donors (Lipinski definition) is 2.